The van der Waals surface area contributed by atoms with Crippen molar-refractivity contribution >= 4 is 29.2 Å². The molecule has 1 heterocycles. The van der Waals surface area contributed by atoms with Gasteiger partial charge in [-0.05, 0) is 24.4 Å². The highest BCUT2D eigenvalue weighted by molar-refractivity contribution is 7.80. The molecule has 2 rings (SSSR count). The first-order valence-corrected chi connectivity index (χ1v) is 4.54. The number of cyclic esters (lactones) is 1. The molecule has 0 bridgehead atoms. The zero-order valence-corrected chi connectivity index (χ0v) is 8.38. The Morgan fingerprint density at radius 3 is 2.73 bits per heavy atom. The first-order valence-electron chi connectivity index (χ1n) is 4.13. The molecular weight excluding hydrogens is 214 g/mol. The second-order valence-electron chi connectivity index (χ2n) is 2.83. The highest BCUT2D eigenvalue weighted by atomic mass is 32.1. The molecule has 0 aliphatic carbocycles. The second-order valence-corrected chi connectivity index (χ2v) is 3.27. The van der Waals surface area contributed by atoms with E-state index in [2.05, 4.69) is 22.7 Å². The predicted octanol–water partition coefficient (Wildman–Crippen LogP) is 0.352. The van der Waals surface area contributed by atoms with Gasteiger partial charge in [0.15, 0.2) is 5.11 Å². The average molecular weight is 221 g/mol. The Kier molecular flexibility index (Phi) is 2.34. The van der Waals surface area contributed by atoms with E-state index >= 15 is 0 Å². The smallest absolute Gasteiger partial charge is 0.345 e. The van der Waals surface area contributed by atoms with Gasteiger partial charge in [-0.25, -0.2) is 4.79 Å². The number of carbonyl (C=O) groups is 1. The third-order valence-corrected chi connectivity index (χ3v) is 1.93. The molecule has 1 aliphatic heterocycles. The zero-order valence-electron chi connectivity index (χ0n) is 7.56. The highest BCUT2D eigenvalue weighted by Crippen LogP contribution is 2.19. The van der Waals surface area contributed by atoms with Crippen LogP contribution in [0.5, 0.6) is 0 Å². The Hall–Kier alpha value is -1.95. The number of esters is 1. The molecule has 3 N–H and O–H groups in total. The van der Waals surface area contributed by atoms with Gasteiger partial charge in [-0.15, -0.1) is 5.10 Å². The van der Waals surface area contributed by atoms with Crippen LogP contribution in [0.3, 0.4) is 0 Å². The van der Waals surface area contributed by atoms with E-state index in [1.807, 2.05) is 0 Å². The third kappa shape index (κ3) is 1.79. The Morgan fingerprint density at radius 1 is 1.40 bits per heavy atom. The van der Waals surface area contributed by atoms with Crippen LogP contribution >= 0.6 is 12.2 Å². The van der Waals surface area contributed by atoms with Crippen molar-refractivity contribution in [3.05, 3.63) is 35.4 Å². The third-order valence-electron chi connectivity index (χ3n) is 1.83. The molecule has 5 nitrogen and oxygen atoms in total. The van der Waals surface area contributed by atoms with Gasteiger partial charge in [-0.2, -0.15) is 0 Å². The Balaban J connectivity index is 2.36. The summed E-state index contributed by atoms with van der Waals surface area (Å²) >= 11 is 4.58. The number of hydrogen-bond acceptors (Lipinski definition) is 4. The molecule has 15 heavy (non-hydrogen) atoms. The SMILES string of the molecule is NC(=S)NN=C1OC(=O)c2ccccc21. The lowest BCUT2D eigenvalue weighted by atomic mass is 10.1. The summed E-state index contributed by atoms with van der Waals surface area (Å²) in [6.07, 6.45) is 0. The maximum atomic E-state index is 11.3. The second kappa shape index (κ2) is 3.66. The zero-order chi connectivity index (χ0) is 10.8. The van der Waals surface area contributed by atoms with Crippen molar-refractivity contribution in [2.24, 2.45) is 10.8 Å². The van der Waals surface area contributed by atoms with E-state index in [0.717, 1.165) is 0 Å². The number of nitrogens with zero attached hydrogens (tertiary/aromatic N) is 1. The van der Waals surface area contributed by atoms with Crippen LogP contribution in [0.1, 0.15) is 15.9 Å². The molecule has 6 heteroatoms. The molecule has 0 aromatic heterocycles. The van der Waals surface area contributed by atoms with Gasteiger partial charge in [0.1, 0.15) is 0 Å². The summed E-state index contributed by atoms with van der Waals surface area (Å²) in [4.78, 5) is 11.3. The fraction of sp³-hybridized carbons (Fsp3) is 0. The lowest BCUT2D eigenvalue weighted by molar-refractivity contribution is 0.0736. The van der Waals surface area contributed by atoms with E-state index in [1.165, 1.54) is 0 Å². The van der Waals surface area contributed by atoms with Crippen LogP contribution in [0.4, 0.5) is 0 Å². The standard InChI is InChI=1S/C9H7N3O2S/c10-9(15)12-11-7-5-3-1-2-4-6(5)8(13)14-7/h1-4H,(H3,10,12,15). The normalized spacial score (nSPS) is 16.0. The molecule has 0 atom stereocenters. The number of hydrogen-bond donors (Lipinski definition) is 2. The van der Waals surface area contributed by atoms with Crippen molar-refractivity contribution in [3.63, 3.8) is 0 Å². The van der Waals surface area contributed by atoms with Crippen LogP contribution in [0.25, 0.3) is 0 Å². The fourth-order valence-corrected chi connectivity index (χ4v) is 1.28. The van der Waals surface area contributed by atoms with Crippen LogP contribution in [-0.2, 0) is 4.74 Å². The van der Waals surface area contributed by atoms with E-state index in [-0.39, 0.29) is 11.0 Å². The number of ether oxygens (including phenoxy) is 1. The van der Waals surface area contributed by atoms with E-state index in [9.17, 15) is 4.79 Å². The fourth-order valence-electron chi connectivity index (χ4n) is 1.23. The number of rotatable bonds is 1. The largest absolute Gasteiger partial charge is 0.402 e. The van der Waals surface area contributed by atoms with Crippen molar-refractivity contribution in [1.29, 1.82) is 0 Å². The molecular formula is C9H7N3O2S. The van der Waals surface area contributed by atoms with Crippen LogP contribution in [0.2, 0.25) is 0 Å². The molecule has 1 aromatic carbocycles. The summed E-state index contributed by atoms with van der Waals surface area (Å²) in [5, 5.41) is 3.79. The minimum Gasteiger partial charge on any atom is -0.402 e. The van der Waals surface area contributed by atoms with Crippen molar-refractivity contribution in [1.82, 2.24) is 5.43 Å². The maximum Gasteiger partial charge on any atom is 0.345 e. The van der Waals surface area contributed by atoms with Gasteiger partial charge in [0.2, 0.25) is 5.90 Å². The summed E-state index contributed by atoms with van der Waals surface area (Å²) < 4.78 is 4.92. The van der Waals surface area contributed by atoms with E-state index in [4.69, 9.17) is 10.5 Å². The summed E-state index contributed by atoms with van der Waals surface area (Å²) in [5.41, 5.74) is 8.68. The quantitative estimate of drug-likeness (QED) is 0.406. The number of thiocarbonyl (C=S) groups is 1. The molecule has 0 saturated carbocycles. The van der Waals surface area contributed by atoms with Gasteiger partial charge in [-0.1, -0.05) is 12.1 Å². The van der Waals surface area contributed by atoms with Crippen molar-refractivity contribution in [2.45, 2.75) is 0 Å². The lowest BCUT2D eigenvalue weighted by Gasteiger charge is -1.97. The monoisotopic (exact) mass is 221 g/mol. The molecule has 1 aliphatic rings. The van der Waals surface area contributed by atoms with Crippen LogP contribution in [0, 0.1) is 0 Å². The maximum absolute atomic E-state index is 11.3. The average Bonchev–Trinajstić information content (AvgIpc) is 2.54. The van der Waals surface area contributed by atoms with Crippen LogP contribution < -0.4 is 11.2 Å². The summed E-state index contributed by atoms with van der Waals surface area (Å²) in [6, 6.07) is 6.95. The number of nitrogens with one attached hydrogen (secondary N) is 1. The van der Waals surface area contributed by atoms with Crippen LogP contribution in [0.15, 0.2) is 29.4 Å². The molecule has 0 unspecified atom stereocenters. The molecule has 0 saturated heterocycles. The molecule has 1 aromatic rings. The molecule has 0 amide bonds. The van der Waals surface area contributed by atoms with Gasteiger partial charge in [-0.3, -0.25) is 5.43 Å². The van der Waals surface area contributed by atoms with Gasteiger partial charge in [0, 0.05) is 0 Å². The number of fused-ring (bicyclic) bond motifs is 1. The molecule has 0 fully saturated rings. The number of nitrogens with two attached hydrogens (primary N) is 1. The van der Waals surface area contributed by atoms with Crippen LogP contribution in [-0.4, -0.2) is 17.0 Å². The predicted molar refractivity (Wildman–Crippen MR) is 58.3 cm³/mol. The highest BCUT2D eigenvalue weighted by Gasteiger charge is 2.27. The Morgan fingerprint density at radius 2 is 2.07 bits per heavy atom. The molecule has 0 radical (unpaired) electrons. The topological polar surface area (TPSA) is 76.7 Å². The molecule has 76 valence electrons. The van der Waals surface area contributed by atoms with Crippen molar-refractivity contribution in [2.75, 3.05) is 0 Å². The number of benzene rings is 1. The summed E-state index contributed by atoms with van der Waals surface area (Å²) in [6.45, 7) is 0. The van der Waals surface area contributed by atoms with Gasteiger partial charge in [0.25, 0.3) is 0 Å². The summed E-state index contributed by atoms with van der Waals surface area (Å²) in [5.74, 6) is -0.238. The number of carbonyl (C=O) groups excluding carboxylic acids is 1. The van der Waals surface area contributed by atoms with Gasteiger partial charge < -0.3 is 10.5 Å². The number of hydrazone groups is 1. The minimum atomic E-state index is -0.422. The Bertz CT molecular complexity index is 470. The van der Waals surface area contributed by atoms with Crippen molar-refractivity contribution < 1.29 is 9.53 Å². The van der Waals surface area contributed by atoms with Crippen molar-refractivity contribution in [3.8, 4) is 0 Å². The first-order chi connectivity index (χ1) is 7.18. The Labute approximate surface area is 90.9 Å². The van der Waals surface area contributed by atoms with E-state index in [1.54, 1.807) is 24.3 Å². The summed E-state index contributed by atoms with van der Waals surface area (Å²) in [7, 11) is 0. The van der Waals surface area contributed by atoms with E-state index < -0.39 is 5.97 Å². The van der Waals surface area contributed by atoms with E-state index in [0.29, 0.717) is 11.1 Å². The first kappa shape index (κ1) is 9.60. The van der Waals surface area contributed by atoms with Gasteiger partial charge >= 0.3 is 5.97 Å². The van der Waals surface area contributed by atoms with Gasteiger partial charge in [0.05, 0.1) is 11.1 Å². The lowest BCUT2D eigenvalue weighted by Crippen LogP contribution is -2.25. The molecule has 0 spiro atoms. The minimum absolute atomic E-state index is 0.0166.